The zero-order valence-electron chi connectivity index (χ0n) is 23.1. The van der Waals surface area contributed by atoms with Gasteiger partial charge in [0.2, 0.25) is 0 Å². The number of hydrogen-bond acceptors (Lipinski definition) is 8. The molecule has 0 aromatic heterocycles. The van der Waals surface area contributed by atoms with E-state index in [1.807, 2.05) is 18.2 Å². The highest BCUT2D eigenvalue weighted by molar-refractivity contribution is 7.90. The minimum atomic E-state index is -4.21. The van der Waals surface area contributed by atoms with Crippen LogP contribution in [0, 0.1) is 11.8 Å². The second kappa shape index (κ2) is 10.6. The topological polar surface area (TPSA) is 114 Å². The molecule has 2 N–H and O–H groups in total. The largest absolute Gasteiger partial charge is 0.488 e. The minimum Gasteiger partial charge on any atom is -0.488 e. The Bertz CT molecular complexity index is 1490. The molecule has 1 saturated carbocycles. The van der Waals surface area contributed by atoms with Crippen LogP contribution in [0.15, 0.2) is 53.4 Å². The molecule has 0 saturated heterocycles. The summed E-state index contributed by atoms with van der Waals surface area (Å²) in [6, 6.07) is 10.4. The van der Waals surface area contributed by atoms with Crippen LogP contribution in [0.3, 0.4) is 0 Å². The number of ether oxygens (including phenoxy) is 3. The standard InChI is InChI=1S/C30H35ClN2O7S/c1-29(2)28(35)32-41(36,37)22-7-10-27-25(15-22)33(16-20-5-8-23(20)26(34)4-3-12-39-29)17-30(18-38-27)24-9-6-21(31)14-19(24)11-13-40-30/h3-4,6-7,9-10,14-15,20,23,26,34H,5,8,11-13,16-18H2,1-2H3,(H,32,35)/b4-3+/t20-,23+,26-,30+/m0/s1. The van der Waals surface area contributed by atoms with Gasteiger partial charge in [0.05, 0.1) is 36.4 Å². The molecule has 41 heavy (non-hydrogen) atoms. The Morgan fingerprint density at radius 3 is 2.73 bits per heavy atom. The quantitative estimate of drug-likeness (QED) is 0.440. The highest BCUT2D eigenvalue weighted by atomic mass is 35.5. The summed E-state index contributed by atoms with van der Waals surface area (Å²) in [6.07, 6.45) is 5.26. The molecule has 0 unspecified atom stereocenters. The van der Waals surface area contributed by atoms with Crippen molar-refractivity contribution in [1.82, 2.24) is 4.72 Å². The lowest BCUT2D eigenvalue weighted by atomic mass is 9.70. The van der Waals surface area contributed by atoms with Gasteiger partial charge in [-0.25, -0.2) is 13.1 Å². The van der Waals surface area contributed by atoms with E-state index in [0.29, 0.717) is 36.2 Å². The maximum absolute atomic E-state index is 13.4. The van der Waals surface area contributed by atoms with Gasteiger partial charge in [0, 0.05) is 11.6 Å². The van der Waals surface area contributed by atoms with E-state index in [2.05, 4.69) is 9.62 Å². The molecule has 3 aliphatic heterocycles. The first-order valence-electron chi connectivity index (χ1n) is 14.0. The highest BCUT2D eigenvalue weighted by Crippen LogP contribution is 2.45. The summed E-state index contributed by atoms with van der Waals surface area (Å²) in [6.45, 7) is 4.79. The van der Waals surface area contributed by atoms with E-state index >= 15 is 0 Å². The molecule has 0 radical (unpaired) electrons. The average molecular weight is 603 g/mol. The first-order valence-corrected chi connectivity index (χ1v) is 15.8. The number of aliphatic hydroxyl groups excluding tert-OH is 1. The summed E-state index contributed by atoms with van der Waals surface area (Å²) < 4.78 is 47.5. The normalized spacial score (nSPS) is 31.5. The number of nitrogens with one attached hydrogen (secondary N) is 1. The molecule has 4 aliphatic rings. The van der Waals surface area contributed by atoms with Gasteiger partial charge in [-0.1, -0.05) is 29.8 Å². The number of rotatable bonds is 0. The second-order valence-corrected chi connectivity index (χ2v) is 14.0. The van der Waals surface area contributed by atoms with Crippen molar-refractivity contribution in [1.29, 1.82) is 0 Å². The van der Waals surface area contributed by atoms with Crippen LogP contribution in [0.1, 0.15) is 37.8 Å². The van der Waals surface area contributed by atoms with Crippen LogP contribution >= 0.6 is 11.6 Å². The first-order chi connectivity index (χ1) is 19.5. The maximum Gasteiger partial charge on any atom is 0.265 e. The van der Waals surface area contributed by atoms with Gasteiger partial charge in [0.15, 0.2) is 0 Å². The molecular weight excluding hydrogens is 568 g/mol. The van der Waals surface area contributed by atoms with Crippen molar-refractivity contribution in [2.24, 2.45) is 11.8 Å². The number of carbonyl (C=O) groups is 1. The zero-order chi connectivity index (χ0) is 29.0. The van der Waals surface area contributed by atoms with E-state index in [1.54, 1.807) is 24.3 Å². The molecule has 11 heteroatoms. The lowest BCUT2D eigenvalue weighted by molar-refractivity contribution is -0.139. The van der Waals surface area contributed by atoms with Crippen LogP contribution in [0.5, 0.6) is 5.75 Å². The summed E-state index contributed by atoms with van der Waals surface area (Å²) in [5.41, 5.74) is 0.486. The first kappa shape index (κ1) is 28.5. The molecule has 2 aromatic rings. The Balaban J connectivity index is 1.44. The summed E-state index contributed by atoms with van der Waals surface area (Å²) >= 11 is 6.33. The van der Waals surface area contributed by atoms with E-state index in [9.17, 15) is 18.3 Å². The lowest BCUT2D eigenvalue weighted by Crippen LogP contribution is -2.51. The molecule has 3 heterocycles. The van der Waals surface area contributed by atoms with E-state index < -0.39 is 33.2 Å². The number of amides is 1. The molecular formula is C30H35ClN2O7S. The average Bonchev–Trinajstić information content (AvgIpc) is 3.05. The summed E-state index contributed by atoms with van der Waals surface area (Å²) in [5, 5.41) is 11.7. The van der Waals surface area contributed by atoms with E-state index in [1.165, 1.54) is 19.9 Å². The predicted octanol–water partition coefficient (Wildman–Crippen LogP) is 3.56. The van der Waals surface area contributed by atoms with Crippen LogP contribution < -0.4 is 14.4 Å². The van der Waals surface area contributed by atoms with Gasteiger partial charge < -0.3 is 24.2 Å². The number of aliphatic hydroxyl groups is 1. The number of halogens is 1. The fourth-order valence-electron chi connectivity index (χ4n) is 6.25. The number of carbonyl (C=O) groups excluding carboxylic acids is 1. The molecule has 2 bridgehead atoms. The summed E-state index contributed by atoms with van der Waals surface area (Å²) in [5.74, 6) is -0.0658. The molecule has 1 amide bonds. The van der Waals surface area contributed by atoms with Crippen LogP contribution in [0.2, 0.25) is 5.02 Å². The fourth-order valence-corrected chi connectivity index (χ4v) is 7.56. The van der Waals surface area contributed by atoms with Gasteiger partial charge in [-0.05, 0) is 86.4 Å². The Morgan fingerprint density at radius 1 is 1.12 bits per heavy atom. The number of nitrogens with zero attached hydrogens (tertiary/aromatic N) is 1. The highest BCUT2D eigenvalue weighted by Gasteiger charge is 2.45. The summed E-state index contributed by atoms with van der Waals surface area (Å²) in [4.78, 5) is 15.0. The molecule has 6 rings (SSSR count). The number of fused-ring (bicyclic) bond motifs is 4. The fraction of sp³-hybridized carbons (Fsp3) is 0.500. The van der Waals surface area contributed by atoms with Crippen molar-refractivity contribution in [3.05, 3.63) is 64.7 Å². The predicted molar refractivity (Wildman–Crippen MR) is 154 cm³/mol. The van der Waals surface area contributed by atoms with Crippen molar-refractivity contribution in [3.8, 4) is 5.75 Å². The van der Waals surface area contributed by atoms with E-state index in [4.69, 9.17) is 25.8 Å². The number of anilines is 1. The SMILES string of the molecule is CC1(C)OC/C=C/[C@H](O)[C@@H]2CC[C@H]2CN2C[C@]3(COc4ccc(cc42)S(=O)(=O)NC1=O)OCCc1cc(Cl)ccc13. The third-order valence-electron chi connectivity index (χ3n) is 8.81. The number of sulfonamides is 1. The van der Waals surface area contributed by atoms with Crippen LogP contribution in [-0.4, -0.2) is 64.0 Å². The minimum absolute atomic E-state index is 0.0318. The third kappa shape index (κ3) is 5.36. The molecule has 1 spiro atoms. The summed E-state index contributed by atoms with van der Waals surface area (Å²) in [7, 11) is -4.21. The van der Waals surface area contributed by atoms with Crippen molar-refractivity contribution in [3.63, 3.8) is 0 Å². The Hall–Kier alpha value is -2.63. The molecule has 4 atom stereocenters. The molecule has 2 aromatic carbocycles. The van der Waals surface area contributed by atoms with Gasteiger partial charge in [-0.2, -0.15) is 0 Å². The van der Waals surface area contributed by atoms with Gasteiger partial charge in [-0.15, -0.1) is 0 Å². The molecule has 1 fully saturated rings. The maximum atomic E-state index is 13.4. The molecule has 1 aliphatic carbocycles. The van der Waals surface area contributed by atoms with E-state index in [0.717, 1.165) is 30.4 Å². The van der Waals surface area contributed by atoms with Gasteiger partial charge in [0.25, 0.3) is 15.9 Å². The van der Waals surface area contributed by atoms with Crippen molar-refractivity contribution < 1.29 is 32.5 Å². The molecule has 220 valence electrons. The molecule has 9 nitrogen and oxygen atoms in total. The van der Waals surface area contributed by atoms with Crippen LogP contribution in [-0.2, 0) is 36.3 Å². The van der Waals surface area contributed by atoms with Crippen molar-refractivity contribution in [2.45, 2.75) is 55.3 Å². The lowest BCUT2D eigenvalue weighted by Gasteiger charge is -2.45. The van der Waals surface area contributed by atoms with Gasteiger partial charge in [-0.3, -0.25) is 4.79 Å². The van der Waals surface area contributed by atoms with Gasteiger partial charge in [0.1, 0.15) is 23.6 Å². The third-order valence-corrected chi connectivity index (χ3v) is 10.4. The monoisotopic (exact) mass is 602 g/mol. The second-order valence-electron chi connectivity index (χ2n) is 11.9. The Kier molecular flexibility index (Phi) is 7.35. The van der Waals surface area contributed by atoms with Crippen LogP contribution in [0.4, 0.5) is 5.69 Å². The van der Waals surface area contributed by atoms with Crippen molar-refractivity contribution in [2.75, 3.05) is 37.8 Å². The number of hydrogen-bond donors (Lipinski definition) is 2. The Morgan fingerprint density at radius 2 is 1.95 bits per heavy atom. The smallest absolute Gasteiger partial charge is 0.265 e. The Labute approximate surface area is 245 Å². The van der Waals surface area contributed by atoms with E-state index in [-0.39, 0.29) is 29.9 Å². The van der Waals surface area contributed by atoms with Crippen LogP contribution in [0.25, 0.3) is 0 Å². The number of benzene rings is 2. The van der Waals surface area contributed by atoms with Gasteiger partial charge >= 0.3 is 0 Å². The van der Waals surface area contributed by atoms with Crippen molar-refractivity contribution >= 4 is 33.2 Å². The zero-order valence-corrected chi connectivity index (χ0v) is 24.7.